The van der Waals surface area contributed by atoms with Gasteiger partial charge in [0.05, 0.1) is 6.10 Å². The molecule has 2 spiro atoms. The summed E-state index contributed by atoms with van der Waals surface area (Å²) in [7, 11) is 0. The molecule has 176 valence electrons. The molecule has 0 heterocycles. The minimum absolute atomic E-state index is 0.0855. The van der Waals surface area contributed by atoms with Crippen LogP contribution in [-0.2, 0) is 0 Å². The lowest BCUT2D eigenvalue weighted by Gasteiger charge is -2.63. The Hall–Kier alpha value is -0.300. The zero-order valence-corrected chi connectivity index (χ0v) is 21.5. The molecule has 0 bridgehead atoms. The topological polar surface area (TPSA) is 20.2 Å². The normalized spacial score (nSPS) is 53.0. The summed E-state index contributed by atoms with van der Waals surface area (Å²) in [4.78, 5) is 0. The quantitative estimate of drug-likeness (QED) is 0.439. The molecule has 5 saturated carbocycles. The Labute approximate surface area is 192 Å². The van der Waals surface area contributed by atoms with Gasteiger partial charge in [0, 0.05) is 0 Å². The summed E-state index contributed by atoms with van der Waals surface area (Å²) in [6.07, 6.45) is 16.4. The zero-order valence-electron chi connectivity index (χ0n) is 21.5. The summed E-state index contributed by atoms with van der Waals surface area (Å²) in [5.41, 5.74) is 3.74. The first-order valence-corrected chi connectivity index (χ1v) is 13.8. The fraction of sp³-hybridized carbons (Fsp3) is 0.933. The first-order chi connectivity index (χ1) is 14.4. The van der Waals surface area contributed by atoms with E-state index in [0.717, 1.165) is 30.1 Å². The van der Waals surface area contributed by atoms with Crippen LogP contribution < -0.4 is 0 Å². The number of allylic oxidation sites excluding steroid dienone is 1. The highest BCUT2D eigenvalue weighted by molar-refractivity contribution is 5.30. The van der Waals surface area contributed by atoms with Crippen molar-refractivity contribution in [2.24, 2.45) is 50.7 Å². The summed E-state index contributed by atoms with van der Waals surface area (Å²) in [5, 5.41) is 10.8. The minimum Gasteiger partial charge on any atom is -0.393 e. The Bertz CT molecular complexity index is 752. The van der Waals surface area contributed by atoms with Crippen molar-refractivity contribution in [3.05, 3.63) is 12.2 Å². The van der Waals surface area contributed by atoms with Gasteiger partial charge in [-0.1, -0.05) is 46.6 Å². The van der Waals surface area contributed by atoms with Gasteiger partial charge >= 0.3 is 0 Å². The molecule has 1 unspecified atom stereocenters. The molecule has 5 rings (SSSR count). The van der Waals surface area contributed by atoms with E-state index >= 15 is 0 Å². The average Bonchev–Trinajstić information content (AvgIpc) is 3.27. The van der Waals surface area contributed by atoms with E-state index in [1.807, 2.05) is 0 Å². The second kappa shape index (κ2) is 6.86. The van der Waals surface area contributed by atoms with Crippen LogP contribution in [0.5, 0.6) is 0 Å². The molecule has 0 amide bonds. The van der Waals surface area contributed by atoms with Gasteiger partial charge < -0.3 is 5.11 Å². The molecule has 5 aliphatic rings. The van der Waals surface area contributed by atoms with Crippen LogP contribution in [0.25, 0.3) is 0 Å². The van der Waals surface area contributed by atoms with Gasteiger partial charge in [-0.3, -0.25) is 0 Å². The number of rotatable bonds is 5. The first-order valence-electron chi connectivity index (χ1n) is 13.8. The lowest BCUT2D eigenvalue weighted by Crippen LogP contribution is -2.57. The Morgan fingerprint density at radius 3 is 2.29 bits per heavy atom. The van der Waals surface area contributed by atoms with Gasteiger partial charge in [-0.25, -0.2) is 0 Å². The van der Waals surface area contributed by atoms with Gasteiger partial charge in [0.15, 0.2) is 0 Å². The third-order valence-corrected chi connectivity index (χ3v) is 13.1. The van der Waals surface area contributed by atoms with Crippen molar-refractivity contribution in [2.75, 3.05) is 0 Å². The van der Waals surface area contributed by atoms with Gasteiger partial charge in [0.25, 0.3) is 0 Å². The maximum Gasteiger partial charge on any atom is 0.0594 e. The Morgan fingerprint density at radius 2 is 1.58 bits per heavy atom. The van der Waals surface area contributed by atoms with E-state index in [2.05, 4.69) is 48.1 Å². The van der Waals surface area contributed by atoms with Crippen LogP contribution in [0, 0.1) is 50.7 Å². The van der Waals surface area contributed by atoms with Crippen molar-refractivity contribution in [3.8, 4) is 0 Å². The molecule has 5 fully saturated rings. The maximum absolute atomic E-state index is 10.8. The van der Waals surface area contributed by atoms with E-state index < -0.39 is 0 Å². The predicted molar refractivity (Wildman–Crippen MR) is 131 cm³/mol. The van der Waals surface area contributed by atoms with Crippen LogP contribution in [0.15, 0.2) is 12.2 Å². The zero-order chi connectivity index (χ0) is 22.4. The van der Waals surface area contributed by atoms with Crippen molar-refractivity contribution >= 4 is 0 Å². The molecule has 9 atom stereocenters. The van der Waals surface area contributed by atoms with Crippen LogP contribution >= 0.6 is 0 Å². The van der Waals surface area contributed by atoms with Crippen LogP contribution in [0.3, 0.4) is 0 Å². The Kier molecular flexibility index (Phi) is 4.98. The second-order valence-electron chi connectivity index (χ2n) is 14.4. The van der Waals surface area contributed by atoms with E-state index in [9.17, 15) is 5.11 Å². The Balaban J connectivity index is 1.39. The molecule has 1 nitrogen and oxygen atoms in total. The third-order valence-electron chi connectivity index (χ3n) is 13.1. The lowest BCUT2D eigenvalue weighted by atomic mass is 9.41. The SMILES string of the molecule is C=C(C)CCC[C@@H](C)[C@H]1CC[C@@]2(C)[C@@H]3CC[C@@H]4C(C)(C)C(O)CC[C@@]45C[C@@]35CC[C@]12C. The summed E-state index contributed by atoms with van der Waals surface area (Å²) in [6.45, 7) is 19.1. The fourth-order valence-electron chi connectivity index (χ4n) is 11.2. The van der Waals surface area contributed by atoms with Crippen molar-refractivity contribution in [1.82, 2.24) is 0 Å². The molecule has 5 aliphatic carbocycles. The van der Waals surface area contributed by atoms with E-state index in [4.69, 9.17) is 0 Å². The van der Waals surface area contributed by atoms with Crippen molar-refractivity contribution in [1.29, 1.82) is 0 Å². The van der Waals surface area contributed by atoms with Crippen molar-refractivity contribution < 1.29 is 5.11 Å². The molecule has 0 saturated heterocycles. The molecule has 1 N–H and O–H groups in total. The largest absolute Gasteiger partial charge is 0.393 e. The van der Waals surface area contributed by atoms with E-state index in [1.54, 1.807) is 0 Å². The predicted octanol–water partition coefficient (Wildman–Crippen LogP) is 8.17. The van der Waals surface area contributed by atoms with Crippen LogP contribution in [0.1, 0.15) is 119 Å². The summed E-state index contributed by atoms with van der Waals surface area (Å²) in [6, 6.07) is 0. The van der Waals surface area contributed by atoms with Gasteiger partial charge in [-0.05, 0) is 128 Å². The standard InChI is InChI=1S/C30H50O/c1-20(2)9-8-10-21(3)22-13-15-28(7)24-12-11-23-26(4,5)25(31)14-16-29(23)19-30(24,29)18-17-27(22,28)6/h21-25,31H,1,8-19H2,2-7H3/t21-,22-,23-,24+,25?,27-,28+,29-,30+/m1/s1. The van der Waals surface area contributed by atoms with Crippen LogP contribution in [-0.4, -0.2) is 11.2 Å². The number of hydrogen-bond acceptors (Lipinski definition) is 1. The highest BCUT2D eigenvalue weighted by Crippen LogP contribution is 2.89. The summed E-state index contributed by atoms with van der Waals surface area (Å²) < 4.78 is 0. The first kappa shape index (κ1) is 22.5. The van der Waals surface area contributed by atoms with Gasteiger partial charge in [0.1, 0.15) is 0 Å². The van der Waals surface area contributed by atoms with Gasteiger partial charge in [-0.15, -0.1) is 6.58 Å². The molecule has 1 heteroatoms. The molecule has 0 aromatic carbocycles. The highest BCUT2D eigenvalue weighted by atomic mass is 16.3. The average molecular weight is 427 g/mol. The molecule has 31 heavy (non-hydrogen) atoms. The summed E-state index contributed by atoms with van der Waals surface area (Å²) >= 11 is 0. The third kappa shape index (κ3) is 2.71. The lowest BCUT2D eigenvalue weighted by molar-refractivity contribution is -0.161. The smallest absolute Gasteiger partial charge is 0.0594 e. The Morgan fingerprint density at radius 1 is 0.903 bits per heavy atom. The number of aliphatic hydroxyl groups is 1. The second-order valence-corrected chi connectivity index (χ2v) is 14.4. The molecule has 0 radical (unpaired) electrons. The molecule has 0 aliphatic heterocycles. The van der Waals surface area contributed by atoms with E-state index in [0.29, 0.717) is 21.7 Å². The van der Waals surface area contributed by atoms with E-state index in [1.165, 1.54) is 76.2 Å². The van der Waals surface area contributed by atoms with Gasteiger partial charge in [0.2, 0.25) is 0 Å². The van der Waals surface area contributed by atoms with Gasteiger partial charge in [-0.2, -0.15) is 0 Å². The van der Waals surface area contributed by atoms with Crippen molar-refractivity contribution in [3.63, 3.8) is 0 Å². The van der Waals surface area contributed by atoms with Crippen LogP contribution in [0.2, 0.25) is 0 Å². The highest BCUT2D eigenvalue weighted by Gasteiger charge is 2.82. The molecule has 0 aromatic rings. The molecule has 0 aromatic heterocycles. The van der Waals surface area contributed by atoms with E-state index in [-0.39, 0.29) is 11.5 Å². The van der Waals surface area contributed by atoms with Crippen LogP contribution in [0.4, 0.5) is 0 Å². The monoisotopic (exact) mass is 426 g/mol. The van der Waals surface area contributed by atoms with Crippen molar-refractivity contribution in [2.45, 2.75) is 125 Å². The molecular formula is C30H50O. The fourth-order valence-corrected chi connectivity index (χ4v) is 11.2. The number of aliphatic hydroxyl groups excluding tert-OH is 1. The maximum atomic E-state index is 10.8. The number of hydrogen-bond donors (Lipinski definition) is 1. The number of fused-ring (bicyclic) bond motifs is 2. The summed E-state index contributed by atoms with van der Waals surface area (Å²) in [5.74, 6) is 3.46. The minimum atomic E-state index is -0.0855. The molecular weight excluding hydrogens is 376 g/mol.